The molecule has 7 nitrogen and oxygen atoms in total. The van der Waals surface area contributed by atoms with Crippen LogP contribution in [0.2, 0.25) is 0 Å². The van der Waals surface area contributed by atoms with E-state index < -0.39 is 11.6 Å². The van der Waals surface area contributed by atoms with E-state index in [0.717, 1.165) is 5.56 Å². The van der Waals surface area contributed by atoms with Gasteiger partial charge < -0.3 is 19.5 Å². The molecule has 0 bridgehead atoms. The number of hydrogen-bond acceptors (Lipinski definition) is 6. The highest BCUT2D eigenvalue weighted by Gasteiger charge is 2.48. The van der Waals surface area contributed by atoms with Crippen LogP contribution in [0.1, 0.15) is 46.3 Å². The van der Waals surface area contributed by atoms with E-state index in [4.69, 9.17) is 14.2 Å². The van der Waals surface area contributed by atoms with Gasteiger partial charge in [0.15, 0.2) is 0 Å². The molecule has 0 fully saturated rings. The van der Waals surface area contributed by atoms with Gasteiger partial charge in [-0.2, -0.15) is 5.26 Å². The second-order valence-corrected chi connectivity index (χ2v) is 8.36. The molecule has 0 aromatic heterocycles. The zero-order valence-corrected chi connectivity index (χ0v) is 19.6. The van der Waals surface area contributed by atoms with Crippen molar-refractivity contribution >= 4 is 11.9 Å². The van der Waals surface area contributed by atoms with Gasteiger partial charge in [0, 0.05) is 24.1 Å². The van der Waals surface area contributed by atoms with E-state index in [9.17, 15) is 14.9 Å². The van der Waals surface area contributed by atoms with Crippen molar-refractivity contribution < 1.29 is 23.8 Å². The third-order valence-corrected chi connectivity index (χ3v) is 6.13. The number of rotatable bonds is 7. The molecule has 3 aromatic rings. The number of ether oxygens (including phenoxy) is 3. The topological polar surface area (TPSA) is 97.6 Å². The highest BCUT2D eigenvalue weighted by atomic mass is 16.6. The second-order valence-electron chi connectivity index (χ2n) is 8.36. The van der Waals surface area contributed by atoms with Crippen LogP contribution in [0.25, 0.3) is 0 Å². The van der Waals surface area contributed by atoms with Gasteiger partial charge in [-0.15, -0.1) is 0 Å². The van der Waals surface area contributed by atoms with Crippen LogP contribution in [0.4, 0.5) is 0 Å². The summed E-state index contributed by atoms with van der Waals surface area (Å²) >= 11 is 0. The first-order valence-corrected chi connectivity index (χ1v) is 11.4. The van der Waals surface area contributed by atoms with Gasteiger partial charge in [-0.25, -0.2) is 4.79 Å². The number of amides is 1. The van der Waals surface area contributed by atoms with E-state index in [-0.39, 0.29) is 36.2 Å². The third kappa shape index (κ3) is 4.82. The molecular formula is C28H26N2O5. The van der Waals surface area contributed by atoms with Crippen LogP contribution < -0.4 is 14.8 Å². The lowest BCUT2D eigenvalue weighted by Gasteiger charge is -2.36. The zero-order valence-electron chi connectivity index (χ0n) is 19.6. The third-order valence-electron chi connectivity index (χ3n) is 6.13. The molecule has 0 saturated heterocycles. The Hall–Kier alpha value is -4.31. The normalized spacial score (nSPS) is 17.2. The standard InChI is InChI=1S/C28H26N2O5/c1-19(20-8-4-3-5-9-20)18-30-26(31)21-12-13-24(22(16-21)17-29)35-28(27(32)33-2)14-15-34-25-11-7-6-10-23(25)28/h3-13,16,19H,14-15,18H2,1-2H3,(H,30,31)/t19-,28?/m0/s1. The Morgan fingerprint density at radius 2 is 1.86 bits per heavy atom. The fraction of sp³-hybridized carbons (Fsp3) is 0.250. The van der Waals surface area contributed by atoms with E-state index in [1.54, 1.807) is 30.3 Å². The molecule has 0 saturated carbocycles. The fourth-order valence-corrected chi connectivity index (χ4v) is 4.17. The largest absolute Gasteiger partial charge is 0.493 e. The predicted octanol–water partition coefficient (Wildman–Crippen LogP) is 4.32. The van der Waals surface area contributed by atoms with Crippen LogP contribution in [0, 0.1) is 11.3 Å². The van der Waals surface area contributed by atoms with E-state index in [1.165, 1.54) is 19.2 Å². The number of carbonyl (C=O) groups excluding carboxylic acids is 2. The molecule has 7 heteroatoms. The Morgan fingerprint density at radius 1 is 1.11 bits per heavy atom. The highest BCUT2D eigenvalue weighted by molar-refractivity contribution is 5.95. The molecule has 1 aliphatic heterocycles. The lowest BCUT2D eigenvalue weighted by Crippen LogP contribution is -2.46. The van der Waals surface area contributed by atoms with E-state index >= 15 is 0 Å². The number of nitrogens with one attached hydrogen (secondary N) is 1. The summed E-state index contributed by atoms with van der Waals surface area (Å²) in [7, 11) is 1.29. The monoisotopic (exact) mass is 470 g/mol. The number of esters is 1. The number of para-hydroxylation sites is 1. The van der Waals surface area contributed by atoms with Gasteiger partial charge in [0.25, 0.3) is 5.91 Å². The summed E-state index contributed by atoms with van der Waals surface area (Å²) in [5.74, 6) is -0.0505. The van der Waals surface area contributed by atoms with Crippen molar-refractivity contribution in [2.75, 3.05) is 20.3 Å². The summed E-state index contributed by atoms with van der Waals surface area (Å²) in [5, 5.41) is 12.7. The molecule has 178 valence electrons. The zero-order chi connectivity index (χ0) is 24.8. The minimum atomic E-state index is -1.47. The van der Waals surface area contributed by atoms with Crippen LogP contribution in [0.5, 0.6) is 11.5 Å². The summed E-state index contributed by atoms with van der Waals surface area (Å²) in [5.41, 5.74) is 0.650. The van der Waals surface area contributed by atoms with Crippen LogP contribution >= 0.6 is 0 Å². The van der Waals surface area contributed by atoms with Crippen molar-refractivity contribution in [2.24, 2.45) is 0 Å². The Kier molecular flexibility index (Phi) is 7.02. The number of methoxy groups -OCH3 is 1. The minimum Gasteiger partial charge on any atom is -0.493 e. The van der Waals surface area contributed by atoms with E-state index in [1.807, 2.05) is 37.3 Å². The van der Waals surface area contributed by atoms with Crippen LogP contribution in [-0.2, 0) is 15.1 Å². The lowest BCUT2D eigenvalue weighted by atomic mass is 9.87. The molecule has 1 amide bonds. The van der Waals surface area contributed by atoms with Gasteiger partial charge in [0.2, 0.25) is 5.60 Å². The number of fused-ring (bicyclic) bond motifs is 1. The van der Waals surface area contributed by atoms with Crippen molar-refractivity contribution in [3.63, 3.8) is 0 Å². The van der Waals surface area contributed by atoms with Crippen molar-refractivity contribution in [3.8, 4) is 17.6 Å². The first kappa shape index (κ1) is 23.8. The number of benzene rings is 3. The molecule has 0 aliphatic carbocycles. The number of nitriles is 1. The van der Waals surface area contributed by atoms with E-state index in [2.05, 4.69) is 11.4 Å². The molecule has 1 N–H and O–H groups in total. The lowest BCUT2D eigenvalue weighted by molar-refractivity contribution is -0.163. The minimum absolute atomic E-state index is 0.131. The number of carbonyl (C=O) groups is 2. The fourth-order valence-electron chi connectivity index (χ4n) is 4.17. The Labute approximate surface area is 204 Å². The highest BCUT2D eigenvalue weighted by Crippen LogP contribution is 2.42. The molecule has 2 atom stereocenters. The molecular weight excluding hydrogens is 444 g/mol. The van der Waals surface area contributed by atoms with Gasteiger partial charge in [-0.1, -0.05) is 55.5 Å². The summed E-state index contributed by atoms with van der Waals surface area (Å²) < 4.78 is 17.0. The number of nitrogens with zero attached hydrogens (tertiary/aromatic N) is 1. The predicted molar refractivity (Wildman–Crippen MR) is 129 cm³/mol. The Morgan fingerprint density at radius 3 is 2.60 bits per heavy atom. The van der Waals surface area contributed by atoms with Crippen LogP contribution in [0.15, 0.2) is 72.8 Å². The van der Waals surface area contributed by atoms with Crippen molar-refractivity contribution in [2.45, 2.75) is 24.9 Å². The SMILES string of the molecule is COC(=O)C1(Oc2ccc(C(=O)NC[C@H](C)c3ccccc3)cc2C#N)CCOc2ccccc21. The van der Waals surface area contributed by atoms with Crippen molar-refractivity contribution in [3.05, 3.63) is 95.1 Å². The second kappa shape index (κ2) is 10.3. The quantitative estimate of drug-likeness (QED) is 0.517. The Balaban J connectivity index is 1.57. The van der Waals surface area contributed by atoms with Crippen LogP contribution in [0.3, 0.4) is 0 Å². The van der Waals surface area contributed by atoms with Gasteiger partial charge in [0.05, 0.1) is 19.3 Å². The maximum absolute atomic E-state index is 12.9. The van der Waals surface area contributed by atoms with Gasteiger partial charge >= 0.3 is 5.97 Å². The molecule has 1 aliphatic rings. The molecule has 1 heterocycles. The molecule has 4 rings (SSSR count). The summed E-state index contributed by atoms with van der Waals surface area (Å²) in [4.78, 5) is 25.7. The molecule has 0 spiro atoms. The maximum atomic E-state index is 12.9. The molecule has 35 heavy (non-hydrogen) atoms. The smallest absolute Gasteiger partial charge is 0.355 e. The summed E-state index contributed by atoms with van der Waals surface area (Å²) in [6.45, 7) is 2.73. The van der Waals surface area contributed by atoms with Gasteiger partial charge in [-0.05, 0) is 35.7 Å². The molecule has 1 unspecified atom stereocenters. The molecule has 3 aromatic carbocycles. The van der Waals surface area contributed by atoms with Crippen LogP contribution in [-0.4, -0.2) is 32.1 Å². The molecule has 0 radical (unpaired) electrons. The maximum Gasteiger partial charge on any atom is 0.355 e. The first-order chi connectivity index (χ1) is 17.0. The van der Waals surface area contributed by atoms with Gasteiger partial charge in [-0.3, -0.25) is 4.79 Å². The van der Waals surface area contributed by atoms with Crippen molar-refractivity contribution in [1.82, 2.24) is 5.32 Å². The number of hydrogen-bond donors (Lipinski definition) is 1. The van der Waals surface area contributed by atoms with Crippen molar-refractivity contribution in [1.29, 1.82) is 5.26 Å². The average molecular weight is 471 g/mol. The average Bonchev–Trinajstić information content (AvgIpc) is 2.91. The summed E-state index contributed by atoms with van der Waals surface area (Å²) in [6.07, 6.45) is 0.209. The van der Waals surface area contributed by atoms with Gasteiger partial charge in [0.1, 0.15) is 17.6 Å². The van der Waals surface area contributed by atoms with E-state index in [0.29, 0.717) is 23.4 Å². The Bertz CT molecular complexity index is 1270. The first-order valence-electron chi connectivity index (χ1n) is 11.4. The summed E-state index contributed by atoms with van der Waals surface area (Å²) in [6, 6.07) is 23.7.